The van der Waals surface area contributed by atoms with Gasteiger partial charge in [0.05, 0.1) is 0 Å². The van der Waals surface area contributed by atoms with Crippen molar-refractivity contribution in [1.29, 1.82) is 0 Å². The van der Waals surface area contributed by atoms with Crippen molar-refractivity contribution in [3.8, 4) is 5.75 Å². The van der Waals surface area contributed by atoms with E-state index in [1.54, 1.807) is 0 Å². The molecule has 0 amide bonds. The molecule has 0 aromatic heterocycles. The first-order valence-corrected chi connectivity index (χ1v) is 25.7. The van der Waals surface area contributed by atoms with Gasteiger partial charge in [-0.3, -0.25) is 0 Å². The SMILES string of the molecule is Cc1ccc([O][Tl]([Cl])[Cl])c(C(C)Pc2c(C)cccc2CN(c2ccccc2)c2ccccc2)c1. The molecule has 2 unspecified atom stereocenters. The second-order valence-electron chi connectivity index (χ2n) is 8.65. The molecular formula is C29H29Cl2NOPTl. The van der Waals surface area contributed by atoms with Gasteiger partial charge in [0.1, 0.15) is 0 Å². The Labute approximate surface area is 226 Å². The van der Waals surface area contributed by atoms with Gasteiger partial charge in [-0.15, -0.1) is 0 Å². The number of rotatable bonds is 9. The Balaban J connectivity index is 1.69. The van der Waals surface area contributed by atoms with Gasteiger partial charge in [-0.2, -0.15) is 0 Å². The van der Waals surface area contributed by atoms with Gasteiger partial charge in [0, 0.05) is 0 Å². The van der Waals surface area contributed by atoms with Gasteiger partial charge in [0.15, 0.2) is 0 Å². The third-order valence-electron chi connectivity index (χ3n) is 6.03. The van der Waals surface area contributed by atoms with Gasteiger partial charge < -0.3 is 0 Å². The number of benzene rings is 4. The summed E-state index contributed by atoms with van der Waals surface area (Å²) in [6.07, 6.45) is 0. The van der Waals surface area contributed by atoms with Gasteiger partial charge in [-0.1, -0.05) is 12.1 Å². The van der Waals surface area contributed by atoms with E-state index in [1.807, 2.05) is 6.07 Å². The number of hydrogen-bond acceptors (Lipinski definition) is 2. The molecule has 0 fully saturated rings. The van der Waals surface area contributed by atoms with Crippen molar-refractivity contribution >= 4 is 62.6 Å². The maximum atomic E-state index is 6.18. The number of para-hydroxylation sites is 2. The van der Waals surface area contributed by atoms with Gasteiger partial charge in [0.2, 0.25) is 0 Å². The van der Waals surface area contributed by atoms with E-state index in [1.165, 1.54) is 38.9 Å². The second kappa shape index (κ2) is 12.6. The molecule has 6 heteroatoms. The molecule has 178 valence electrons. The third kappa shape index (κ3) is 7.01. The molecule has 4 aromatic carbocycles. The van der Waals surface area contributed by atoms with Crippen LogP contribution in [-0.2, 0) is 6.54 Å². The van der Waals surface area contributed by atoms with Crippen LogP contribution in [0.3, 0.4) is 0 Å². The van der Waals surface area contributed by atoms with Crippen molar-refractivity contribution < 1.29 is 2.69 Å². The van der Waals surface area contributed by atoms with E-state index < -0.39 is 20.7 Å². The molecule has 0 saturated heterocycles. The molecule has 0 bridgehead atoms. The van der Waals surface area contributed by atoms with Gasteiger partial charge in [0.25, 0.3) is 0 Å². The monoisotopic (exact) mass is 713 g/mol. The topological polar surface area (TPSA) is 12.5 Å². The Bertz CT molecular complexity index is 1210. The van der Waals surface area contributed by atoms with Crippen molar-refractivity contribution in [3.05, 3.63) is 119 Å². The number of aryl methyl sites for hydroxylation is 2. The molecule has 2 atom stereocenters. The van der Waals surface area contributed by atoms with Crippen LogP contribution in [0.15, 0.2) is 97.1 Å². The van der Waals surface area contributed by atoms with Crippen molar-refractivity contribution in [2.24, 2.45) is 0 Å². The van der Waals surface area contributed by atoms with E-state index in [9.17, 15) is 0 Å². The fourth-order valence-electron chi connectivity index (χ4n) is 4.29. The van der Waals surface area contributed by atoms with E-state index in [4.69, 9.17) is 19.3 Å². The van der Waals surface area contributed by atoms with Crippen LogP contribution in [0.25, 0.3) is 0 Å². The molecule has 4 rings (SSSR count). The summed E-state index contributed by atoms with van der Waals surface area (Å²) in [4.78, 5) is 2.38. The molecule has 0 N–H and O–H groups in total. The van der Waals surface area contributed by atoms with E-state index in [2.05, 4.69) is 117 Å². The molecular weight excluding hydrogens is 685 g/mol. The van der Waals surface area contributed by atoms with Gasteiger partial charge in [-0.25, -0.2) is 0 Å². The van der Waals surface area contributed by atoms with E-state index in [0.29, 0.717) is 8.58 Å². The Hall–Kier alpha value is -1.59. The summed E-state index contributed by atoms with van der Waals surface area (Å²) >= 11 is -3.04. The summed E-state index contributed by atoms with van der Waals surface area (Å²) in [5.74, 6) is 0.845. The predicted molar refractivity (Wildman–Crippen MR) is 156 cm³/mol. The standard InChI is InChI=1S/C29H30NOP.2ClH.Tl/c1-21-17-18-28(31)27(19-21)23(3)32-29-22(2)11-10-12-24(29)20-30(25-13-6-4-7-14-25)26-15-8-5-9-16-26;;;/h4-19,23,31-32H,20H2,1-3H3;2*1H;/q;;;+3/p-3. The van der Waals surface area contributed by atoms with Crippen LogP contribution in [0.5, 0.6) is 5.75 Å². The zero-order valence-corrected chi connectivity index (χ0v) is 27.2. The second-order valence-corrected chi connectivity index (χ2v) is 22.2. The fourth-order valence-corrected chi connectivity index (χ4v) is 9.03. The van der Waals surface area contributed by atoms with Crippen LogP contribution in [0.4, 0.5) is 11.4 Å². The number of hydrogen-bond donors (Lipinski definition) is 0. The average molecular weight is 714 g/mol. The van der Waals surface area contributed by atoms with Crippen LogP contribution in [0.1, 0.15) is 34.8 Å². The molecule has 0 aliphatic carbocycles. The van der Waals surface area contributed by atoms with Crippen molar-refractivity contribution in [1.82, 2.24) is 0 Å². The summed E-state index contributed by atoms with van der Waals surface area (Å²) in [6, 6.07) is 34.1. The van der Waals surface area contributed by atoms with E-state index >= 15 is 0 Å². The minimum absolute atomic E-state index is 0.284. The summed E-state index contributed by atoms with van der Waals surface area (Å²) in [5, 5.41) is 1.40. The Morgan fingerprint density at radius 2 is 1.46 bits per heavy atom. The minimum atomic E-state index is -3.04. The van der Waals surface area contributed by atoms with Crippen LogP contribution in [0.2, 0.25) is 0 Å². The predicted octanol–water partition coefficient (Wildman–Crippen LogP) is 8.55. The molecule has 0 heterocycles. The van der Waals surface area contributed by atoms with Gasteiger partial charge in [-0.05, 0) is 0 Å². The number of nitrogens with zero attached hydrogens (tertiary/aromatic N) is 1. The fraction of sp³-hybridized carbons (Fsp3) is 0.172. The Morgan fingerprint density at radius 3 is 2.06 bits per heavy atom. The van der Waals surface area contributed by atoms with Crippen molar-refractivity contribution in [2.75, 3.05) is 4.90 Å². The quantitative estimate of drug-likeness (QED) is 0.127. The van der Waals surface area contributed by atoms with Crippen LogP contribution < -0.4 is 12.9 Å². The first kappa shape index (κ1) is 26.5. The average Bonchev–Trinajstić information content (AvgIpc) is 2.86. The molecule has 0 spiro atoms. The Morgan fingerprint density at radius 1 is 0.829 bits per heavy atom. The van der Waals surface area contributed by atoms with Crippen molar-refractivity contribution in [3.63, 3.8) is 0 Å². The number of anilines is 2. The molecule has 0 aliphatic heterocycles. The van der Waals surface area contributed by atoms with Crippen LogP contribution >= 0.6 is 25.2 Å². The normalized spacial score (nSPS) is 12.0. The van der Waals surface area contributed by atoms with Crippen LogP contribution in [0, 0.1) is 13.8 Å². The number of halogens is 2. The maximum absolute atomic E-state index is 6.18. The zero-order chi connectivity index (χ0) is 24.8. The van der Waals surface area contributed by atoms with E-state index in [0.717, 1.165) is 12.3 Å². The molecule has 2 nitrogen and oxygen atoms in total. The first-order valence-electron chi connectivity index (χ1n) is 11.7. The summed E-state index contributed by atoms with van der Waals surface area (Å²) in [7, 11) is 12.9. The van der Waals surface area contributed by atoms with Crippen molar-refractivity contribution in [2.45, 2.75) is 33.0 Å². The first-order chi connectivity index (χ1) is 16.9. The molecule has 0 aliphatic rings. The molecule has 0 saturated carbocycles. The third-order valence-corrected chi connectivity index (χ3v) is 11.0. The van der Waals surface area contributed by atoms with E-state index in [-0.39, 0.29) is 5.66 Å². The summed E-state index contributed by atoms with van der Waals surface area (Å²) < 4.78 is 5.95. The summed E-state index contributed by atoms with van der Waals surface area (Å²) in [5.41, 5.74) is 7.70. The zero-order valence-electron chi connectivity index (χ0n) is 20.2. The van der Waals surface area contributed by atoms with Crippen LogP contribution in [-0.4, -0.2) is 20.7 Å². The molecule has 4 aromatic rings. The van der Waals surface area contributed by atoms with Gasteiger partial charge >= 0.3 is 216 Å². The molecule has 0 radical (unpaired) electrons. The Kier molecular flexibility index (Phi) is 9.52. The summed E-state index contributed by atoms with van der Waals surface area (Å²) in [6.45, 7) is 7.40. The molecule has 35 heavy (non-hydrogen) atoms.